The van der Waals surface area contributed by atoms with Crippen LogP contribution < -0.4 is 4.74 Å². The summed E-state index contributed by atoms with van der Waals surface area (Å²) in [7, 11) is 3.52. The van der Waals surface area contributed by atoms with Crippen LogP contribution in [0.5, 0.6) is 5.75 Å². The van der Waals surface area contributed by atoms with Crippen LogP contribution in [0.3, 0.4) is 0 Å². The second kappa shape index (κ2) is 18.2. The van der Waals surface area contributed by atoms with Crippen LogP contribution in [-0.2, 0) is 25.5 Å². The number of rotatable bonds is 17. The smallest absolute Gasteiger partial charge is 0.347 e. The number of carbonyl (C=O) groups is 2. The van der Waals surface area contributed by atoms with Crippen molar-refractivity contribution >= 4 is 35.1 Å². The van der Waals surface area contributed by atoms with E-state index in [4.69, 9.17) is 37.4 Å². The van der Waals surface area contributed by atoms with E-state index < -0.39 is 17.7 Å². The van der Waals surface area contributed by atoms with Crippen molar-refractivity contribution in [2.45, 2.75) is 83.3 Å². The van der Waals surface area contributed by atoms with Gasteiger partial charge in [0.2, 0.25) is 0 Å². The third-order valence-electron chi connectivity index (χ3n) is 7.48. The average Bonchev–Trinajstić information content (AvgIpc) is 2.99. The summed E-state index contributed by atoms with van der Waals surface area (Å²) < 4.78 is 16.3. The van der Waals surface area contributed by atoms with Gasteiger partial charge in [-0.25, -0.2) is 4.79 Å². The number of nitrogens with zero attached hydrogens (tertiary/aromatic N) is 1. The van der Waals surface area contributed by atoms with Gasteiger partial charge in [0.25, 0.3) is 0 Å². The summed E-state index contributed by atoms with van der Waals surface area (Å²) in [4.78, 5) is 26.6. The third kappa shape index (κ3) is 13.4. The Morgan fingerprint density at radius 3 is 1.91 bits per heavy atom. The fourth-order valence-electron chi connectivity index (χ4n) is 5.17. The van der Waals surface area contributed by atoms with Crippen molar-refractivity contribution in [1.29, 1.82) is 0 Å². The molecule has 0 saturated heterocycles. The van der Waals surface area contributed by atoms with Gasteiger partial charge in [0, 0.05) is 28.9 Å². The molecule has 0 aliphatic carbocycles. The molecule has 0 aliphatic heterocycles. The molecule has 6 nitrogen and oxygen atoms in total. The molecule has 45 heavy (non-hydrogen) atoms. The number of esters is 2. The summed E-state index contributed by atoms with van der Waals surface area (Å²) in [6.07, 6.45) is 4.36. The molecule has 0 N–H and O–H groups in total. The Morgan fingerprint density at radius 2 is 1.38 bits per heavy atom. The number of aryl methyl sites for hydroxylation is 1. The van der Waals surface area contributed by atoms with E-state index in [9.17, 15) is 9.59 Å². The maximum absolute atomic E-state index is 12.4. The Bertz CT molecular complexity index is 1280. The van der Waals surface area contributed by atoms with Gasteiger partial charge < -0.3 is 19.1 Å². The highest BCUT2D eigenvalue weighted by molar-refractivity contribution is 6.30. The van der Waals surface area contributed by atoms with Gasteiger partial charge in [-0.2, -0.15) is 0 Å². The van der Waals surface area contributed by atoms with Gasteiger partial charge in [0.05, 0.1) is 7.11 Å². The molecule has 0 bridgehead atoms. The van der Waals surface area contributed by atoms with E-state index in [2.05, 4.69) is 48.3 Å². The fourth-order valence-corrected chi connectivity index (χ4v) is 5.43. The lowest BCUT2D eigenvalue weighted by Crippen LogP contribution is -2.28. The minimum atomic E-state index is -0.690. The van der Waals surface area contributed by atoms with Crippen LogP contribution in [0.2, 0.25) is 10.0 Å². The SMILES string of the molecule is COC(=O)C(CCCCCC(=O)OC(C)(C)C)Oc1ccc(CCCN(C)CC(c2ccc(Cl)cc2)c2ccc(Cl)cc2)cc1. The first-order valence-corrected chi connectivity index (χ1v) is 16.4. The summed E-state index contributed by atoms with van der Waals surface area (Å²) in [5, 5.41) is 1.46. The summed E-state index contributed by atoms with van der Waals surface area (Å²) >= 11 is 12.3. The summed E-state index contributed by atoms with van der Waals surface area (Å²) in [5.74, 6) is 0.238. The molecule has 3 aromatic rings. The van der Waals surface area contributed by atoms with E-state index in [1.165, 1.54) is 23.8 Å². The molecule has 3 rings (SSSR count). The number of ether oxygens (including phenoxy) is 3. The van der Waals surface area contributed by atoms with E-state index >= 15 is 0 Å². The first kappa shape index (κ1) is 36.4. The molecule has 8 heteroatoms. The Balaban J connectivity index is 1.46. The number of halogens is 2. The zero-order chi connectivity index (χ0) is 32.8. The van der Waals surface area contributed by atoms with E-state index in [1.807, 2.05) is 57.2 Å². The minimum Gasteiger partial charge on any atom is -0.479 e. The van der Waals surface area contributed by atoms with Crippen LogP contribution in [0.4, 0.5) is 0 Å². The second-order valence-electron chi connectivity index (χ2n) is 12.5. The number of methoxy groups -OCH3 is 1. The molecule has 0 amide bonds. The topological polar surface area (TPSA) is 65.1 Å². The minimum absolute atomic E-state index is 0.199. The normalized spacial score (nSPS) is 12.3. The number of likely N-dealkylation sites (N-methyl/N-ethyl adjacent to an activating group) is 1. The van der Waals surface area contributed by atoms with Gasteiger partial charge in [-0.05, 0) is 120 Å². The van der Waals surface area contributed by atoms with Crippen LogP contribution in [0, 0.1) is 0 Å². The van der Waals surface area contributed by atoms with Crippen molar-refractivity contribution in [2.75, 3.05) is 27.2 Å². The maximum atomic E-state index is 12.4. The Labute approximate surface area is 279 Å². The van der Waals surface area contributed by atoms with Gasteiger partial charge >= 0.3 is 11.9 Å². The standard InChI is InChI=1S/C37H47Cl2NO5/c1-37(2,3)45-35(41)12-8-6-7-11-34(36(42)43-5)44-32-23-13-27(14-24-32)10-9-25-40(4)26-33(28-15-19-30(38)20-16-28)29-17-21-31(39)22-18-29/h13-24,33-34H,6-12,25-26H2,1-5H3. The number of unbranched alkanes of at least 4 members (excludes halogenated alkanes) is 2. The van der Waals surface area contributed by atoms with Crippen LogP contribution in [0.1, 0.15) is 81.9 Å². The number of carbonyl (C=O) groups excluding carboxylic acids is 2. The van der Waals surface area contributed by atoms with Crippen molar-refractivity contribution in [3.63, 3.8) is 0 Å². The third-order valence-corrected chi connectivity index (χ3v) is 7.98. The molecular weight excluding hydrogens is 609 g/mol. The lowest BCUT2D eigenvalue weighted by atomic mass is 9.91. The summed E-state index contributed by atoms with van der Waals surface area (Å²) in [5.41, 5.74) is 3.16. The van der Waals surface area contributed by atoms with Crippen LogP contribution in [0.25, 0.3) is 0 Å². The molecular formula is C37H47Cl2NO5. The van der Waals surface area contributed by atoms with Gasteiger partial charge in [0.1, 0.15) is 11.4 Å². The predicted molar refractivity (Wildman–Crippen MR) is 182 cm³/mol. The van der Waals surface area contributed by atoms with E-state index in [0.717, 1.165) is 48.8 Å². The molecule has 0 heterocycles. The number of hydrogen-bond donors (Lipinski definition) is 0. The Morgan fingerprint density at radius 1 is 0.800 bits per heavy atom. The molecule has 3 aromatic carbocycles. The van der Waals surface area contributed by atoms with Crippen molar-refractivity contribution in [3.8, 4) is 5.75 Å². The molecule has 0 aromatic heterocycles. The first-order chi connectivity index (χ1) is 21.4. The average molecular weight is 657 g/mol. The van der Waals surface area contributed by atoms with E-state index in [1.54, 1.807) is 0 Å². The molecule has 0 radical (unpaired) electrons. The van der Waals surface area contributed by atoms with Crippen molar-refractivity contribution in [3.05, 3.63) is 99.5 Å². The number of hydrogen-bond acceptors (Lipinski definition) is 6. The fraction of sp³-hybridized carbons (Fsp3) is 0.459. The van der Waals surface area contributed by atoms with E-state index in [0.29, 0.717) is 25.0 Å². The molecule has 0 spiro atoms. The second-order valence-corrected chi connectivity index (χ2v) is 13.4. The van der Waals surface area contributed by atoms with Gasteiger partial charge in [-0.15, -0.1) is 0 Å². The molecule has 1 unspecified atom stereocenters. The van der Waals surface area contributed by atoms with E-state index in [-0.39, 0.29) is 11.9 Å². The van der Waals surface area contributed by atoms with Gasteiger partial charge in [-0.3, -0.25) is 4.79 Å². The summed E-state index contributed by atoms with van der Waals surface area (Å²) in [6, 6.07) is 24.1. The zero-order valence-corrected chi connectivity index (χ0v) is 28.7. The Kier molecular flexibility index (Phi) is 14.7. The van der Waals surface area contributed by atoms with Crippen LogP contribution in [-0.4, -0.2) is 55.8 Å². The lowest BCUT2D eigenvalue weighted by Gasteiger charge is -2.25. The molecule has 0 saturated carbocycles. The highest BCUT2D eigenvalue weighted by Gasteiger charge is 2.22. The first-order valence-electron chi connectivity index (χ1n) is 15.7. The Hall–Kier alpha value is -3.06. The highest BCUT2D eigenvalue weighted by Crippen LogP contribution is 2.28. The van der Waals surface area contributed by atoms with Crippen molar-refractivity contribution in [1.82, 2.24) is 4.90 Å². The summed E-state index contributed by atoms with van der Waals surface area (Å²) in [6.45, 7) is 7.38. The largest absolute Gasteiger partial charge is 0.479 e. The quantitative estimate of drug-likeness (QED) is 0.107. The molecule has 1 atom stereocenters. The van der Waals surface area contributed by atoms with Crippen LogP contribution in [0.15, 0.2) is 72.8 Å². The molecule has 0 aliphatic rings. The number of benzene rings is 3. The zero-order valence-electron chi connectivity index (χ0n) is 27.2. The highest BCUT2D eigenvalue weighted by atomic mass is 35.5. The van der Waals surface area contributed by atoms with Gasteiger partial charge in [-0.1, -0.05) is 66.0 Å². The maximum Gasteiger partial charge on any atom is 0.347 e. The molecule has 244 valence electrons. The monoisotopic (exact) mass is 655 g/mol. The van der Waals surface area contributed by atoms with Crippen LogP contribution >= 0.6 is 23.2 Å². The van der Waals surface area contributed by atoms with Crippen molar-refractivity contribution < 1.29 is 23.8 Å². The van der Waals surface area contributed by atoms with Crippen molar-refractivity contribution in [2.24, 2.45) is 0 Å². The molecule has 0 fully saturated rings. The predicted octanol–water partition coefficient (Wildman–Crippen LogP) is 8.90. The lowest BCUT2D eigenvalue weighted by molar-refractivity contribution is -0.155. The van der Waals surface area contributed by atoms with Gasteiger partial charge in [0.15, 0.2) is 6.10 Å².